The smallest absolute Gasteiger partial charge is 0.257 e. The highest BCUT2D eigenvalue weighted by molar-refractivity contribution is 8.00. The Balaban J connectivity index is 1.56. The molecule has 158 valence electrons. The van der Waals surface area contributed by atoms with E-state index in [0.29, 0.717) is 28.6 Å². The first kappa shape index (κ1) is 21.3. The zero-order valence-electron chi connectivity index (χ0n) is 16.9. The molecule has 0 spiro atoms. The predicted octanol–water partition coefficient (Wildman–Crippen LogP) is 5.77. The Morgan fingerprint density at radius 2 is 1.90 bits per heavy atom. The number of ether oxygens (including phenoxy) is 1. The molecule has 3 aromatic carbocycles. The fraction of sp³-hybridized carbons (Fsp3) is 0.167. The number of amides is 2. The van der Waals surface area contributed by atoms with E-state index in [1.54, 1.807) is 40.9 Å². The average Bonchev–Trinajstić information content (AvgIpc) is 3.16. The first-order valence-corrected chi connectivity index (χ1v) is 11.3. The van der Waals surface area contributed by atoms with Crippen molar-refractivity contribution in [2.45, 2.75) is 12.3 Å². The summed E-state index contributed by atoms with van der Waals surface area (Å²) in [5.41, 5.74) is 2.81. The minimum absolute atomic E-state index is 0.0460. The van der Waals surface area contributed by atoms with Crippen molar-refractivity contribution in [2.75, 3.05) is 22.6 Å². The van der Waals surface area contributed by atoms with Crippen LogP contribution in [0, 0.1) is 0 Å². The quantitative estimate of drug-likeness (QED) is 0.515. The molecule has 1 N–H and O–H groups in total. The standard InChI is InChI=1S/C24H21ClN2O3S/c1-2-30-19-12-10-18(11-13-19)27-22(28)15-31-24(27)16-6-5-7-17(14-16)26-23(29)20-8-3-4-9-21(20)25/h3-14,24H,2,15H2,1H3,(H,26,29)/t24-/m0/s1. The van der Waals surface area contributed by atoms with E-state index in [-0.39, 0.29) is 17.2 Å². The Morgan fingerprint density at radius 3 is 2.65 bits per heavy atom. The lowest BCUT2D eigenvalue weighted by Gasteiger charge is -2.25. The summed E-state index contributed by atoms with van der Waals surface area (Å²) in [5.74, 6) is 0.936. The van der Waals surface area contributed by atoms with Gasteiger partial charge >= 0.3 is 0 Å². The van der Waals surface area contributed by atoms with Crippen LogP contribution >= 0.6 is 23.4 Å². The van der Waals surface area contributed by atoms with Crippen molar-refractivity contribution in [3.63, 3.8) is 0 Å². The fourth-order valence-corrected chi connectivity index (χ4v) is 4.82. The van der Waals surface area contributed by atoms with Gasteiger partial charge in [0.2, 0.25) is 5.91 Å². The molecular formula is C24H21ClN2O3S. The van der Waals surface area contributed by atoms with Crippen LogP contribution in [0.15, 0.2) is 72.8 Å². The van der Waals surface area contributed by atoms with Crippen LogP contribution in [-0.4, -0.2) is 24.2 Å². The maximum atomic E-state index is 12.6. The highest BCUT2D eigenvalue weighted by Crippen LogP contribution is 2.42. The number of benzene rings is 3. The Bertz CT molecular complexity index is 1100. The molecule has 0 unspecified atom stereocenters. The van der Waals surface area contributed by atoms with Crippen LogP contribution in [0.25, 0.3) is 0 Å². The van der Waals surface area contributed by atoms with Crippen molar-refractivity contribution in [1.29, 1.82) is 0 Å². The van der Waals surface area contributed by atoms with Crippen LogP contribution in [0.3, 0.4) is 0 Å². The van der Waals surface area contributed by atoms with Gasteiger partial charge in [-0.05, 0) is 61.0 Å². The summed E-state index contributed by atoms with van der Waals surface area (Å²) >= 11 is 7.70. The number of hydrogen-bond acceptors (Lipinski definition) is 4. The Hall–Kier alpha value is -2.96. The van der Waals surface area contributed by atoms with Crippen molar-refractivity contribution in [1.82, 2.24) is 0 Å². The first-order valence-electron chi connectivity index (χ1n) is 9.89. The summed E-state index contributed by atoms with van der Waals surface area (Å²) in [6, 6.07) is 22.0. The van der Waals surface area contributed by atoms with E-state index in [0.717, 1.165) is 17.0 Å². The molecule has 1 saturated heterocycles. The minimum atomic E-state index is -0.277. The lowest BCUT2D eigenvalue weighted by atomic mass is 10.1. The van der Waals surface area contributed by atoms with Crippen LogP contribution in [-0.2, 0) is 4.79 Å². The maximum absolute atomic E-state index is 12.6. The molecule has 1 aliphatic rings. The van der Waals surface area contributed by atoms with Gasteiger partial charge in [0, 0.05) is 11.4 Å². The molecule has 1 aliphatic heterocycles. The summed E-state index contributed by atoms with van der Waals surface area (Å²) < 4.78 is 5.50. The maximum Gasteiger partial charge on any atom is 0.257 e. The minimum Gasteiger partial charge on any atom is -0.494 e. The molecule has 0 aliphatic carbocycles. The van der Waals surface area contributed by atoms with Crippen LogP contribution in [0.5, 0.6) is 5.75 Å². The molecule has 0 radical (unpaired) electrons. The molecule has 1 atom stereocenters. The summed E-state index contributed by atoms with van der Waals surface area (Å²) in [5, 5.41) is 3.12. The van der Waals surface area contributed by atoms with Gasteiger partial charge in [-0.2, -0.15) is 0 Å². The number of rotatable bonds is 6. The van der Waals surface area contributed by atoms with Gasteiger partial charge in [0.25, 0.3) is 5.91 Å². The SMILES string of the molecule is CCOc1ccc(N2C(=O)CS[C@H]2c2cccc(NC(=O)c3ccccc3Cl)c2)cc1. The highest BCUT2D eigenvalue weighted by Gasteiger charge is 2.34. The van der Waals surface area contributed by atoms with E-state index in [4.69, 9.17) is 16.3 Å². The lowest BCUT2D eigenvalue weighted by molar-refractivity contribution is -0.115. The van der Waals surface area contributed by atoms with Crippen LogP contribution in [0.2, 0.25) is 5.02 Å². The Labute approximate surface area is 190 Å². The summed E-state index contributed by atoms with van der Waals surface area (Å²) in [7, 11) is 0. The second kappa shape index (κ2) is 9.45. The average molecular weight is 453 g/mol. The molecule has 0 bridgehead atoms. The van der Waals surface area contributed by atoms with Gasteiger partial charge in [0.15, 0.2) is 0 Å². The van der Waals surface area contributed by atoms with E-state index in [1.807, 2.05) is 55.5 Å². The van der Waals surface area contributed by atoms with E-state index >= 15 is 0 Å². The largest absolute Gasteiger partial charge is 0.494 e. The molecular weight excluding hydrogens is 432 g/mol. The zero-order valence-corrected chi connectivity index (χ0v) is 18.5. The molecule has 4 rings (SSSR count). The molecule has 7 heteroatoms. The fourth-order valence-electron chi connectivity index (χ4n) is 3.43. The lowest BCUT2D eigenvalue weighted by Crippen LogP contribution is -2.27. The van der Waals surface area contributed by atoms with E-state index in [9.17, 15) is 9.59 Å². The van der Waals surface area contributed by atoms with Crippen LogP contribution in [0.4, 0.5) is 11.4 Å². The van der Waals surface area contributed by atoms with E-state index < -0.39 is 0 Å². The number of carbonyl (C=O) groups is 2. The number of anilines is 2. The van der Waals surface area contributed by atoms with Crippen molar-refractivity contribution in [3.8, 4) is 5.75 Å². The van der Waals surface area contributed by atoms with Gasteiger partial charge in [0.05, 0.1) is 22.9 Å². The Morgan fingerprint density at radius 1 is 1.13 bits per heavy atom. The summed E-state index contributed by atoms with van der Waals surface area (Å²) in [4.78, 5) is 27.0. The second-order valence-electron chi connectivity index (χ2n) is 6.91. The third-order valence-electron chi connectivity index (χ3n) is 4.84. The Kier molecular flexibility index (Phi) is 6.49. The number of halogens is 1. The molecule has 31 heavy (non-hydrogen) atoms. The van der Waals surface area contributed by atoms with E-state index in [2.05, 4.69) is 5.32 Å². The molecule has 3 aromatic rings. The summed E-state index contributed by atoms with van der Waals surface area (Å²) in [6.07, 6.45) is 0. The number of thioether (sulfide) groups is 1. The van der Waals surface area contributed by atoms with Crippen molar-refractivity contribution in [2.24, 2.45) is 0 Å². The van der Waals surface area contributed by atoms with Crippen molar-refractivity contribution < 1.29 is 14.3 Å². The predicted molar refractivity (Wildman–Crippen MR) is 126 cm³/mol. The summed E-state index contributed by atoms with van der Waals surface area (Å²) in [6.45, 7) is 2.52. The van der Waals surface area contributed by atoms with Crippen LogP contribution < -0.4 is 15.0 Å². The monoisotopic (exact) mass is 452 g/mol. The van der Waals surface area contributed by atoms with Gasteiger partial charge in [-0.15, -0.1) is 11.8 Å². The van der Waals surface area contributed by atoms with Gasteiger partial charge in [-0.25, -0.2) is 0 Å². The number of hydrogen-bond donors (Lipinski definition) is 1. The van der Waals surface area contributed by atoms with Gasteiger partial charge in [-0.1, -0.05) is 35.9 Å². The van der Waals surface area contributed by atoms with Gasteiger partial charge < -0.3 is 10.1 Å². The third-order valence-corrected chi connectivity index (χ3v) is 6.38. The van der Waals surface area contributed by atoms with Crippen molar-refractivity contribution in [3.05, 3.63) is 88.9 Å². The molecule has 0 aromatic heterocycles. The second-order valence-corrected chi connectivity index (χ2v) is 8.39. The molecule has 0 saturated carbocycles. The highest BCUT2D eigenvalue weighted by atomic mass is 35.5. The molecule has 1 heterocycles. The topological polar surface area (TPSA) is 58.6 Å². The number of nitrogens with zero attached hydrogens (tertiary/aromatic N) is 1. The number of nitrogens with one attached hydrogen (secondary N) is 1. The molecule has 5 nitrogen and oxygen atoms in total. The molecule has 2 amide bonds. The van der Waals surface area contributed by atoms with Gasteiger partial charge in [0.1, 0.15) is 11.1 Å². The first-order chi connectivity index (χ1) is 15.1. The normalized spacial score (nSPS) is 15.7. The zero-order chi connectivity index (χ0) is 21.8. The van der Waals surface area contributed by atoms with Gasteiger partial charge in [-0.3, -0.25) is 14.5 Å². The van der Waals surface area contributed by atoms with Crippen LogP contribution in [0.1, 0.15) is 28.2 Å². The third kappa shape index (κ3) is 4.70. The van der Waals surface area contributed by atoms with E-state index in [1.165, 1.54) is 0 Å². The number of carbonyl (C=O) groups excluding carboxylic acids is 2. The van der Waals surface area contributed by atoms with Crippen molar-refractivity contribution >= 4 is 46.6 Å². The molecule has 1 fully saturated rings.